The first kappa shape index (κ1) is 12.2. The summed E-state index contributed by atoms with van der Waals surface area (Å²) in [5, 5.41) is 16.8. The van der Waals surface area contributed by atoms with E-state index in [-0.39, 0.29) is 12.6 Å². The molecule has 1 atom stereocenters. The van der Waals surface area contributed by atoms with Crippen molar-refractivity contribution in [2.75, 3.05) is 6.61 Å². The van der Waals surface area contributed by atoms with Crippen LogP contribution in [-0.2, 0) is 13.6 Å². The number of aromatic nitrogens is 2. The van der Waals surface area contributed by atoms with E-state index in [1.165, 1.54) is 5.56 Å². The maximum Gasteiger partial charge on any atom is 0.0638 e. The van der Waals surface area contributed by atoms with E-state index in [1.54, 1.807) is 0 Å². The number of aliphatic hydroxyl groups excluding tert-OH is 1. The van der Waals surface area contributed by atoms with Gasteiger partial charge in [-0.3, -0.25) is 4.68 Å². The maximum absolute atomic E-state index is 9.17. The quantitative estimate of drug-likeness (QED) is 0.758. The molecular formula is C11H21N3O. The van der Waals surface area contributed by atoms with Crippen LogP contribution in [0.3, 0.4) is 0 Å². The number of aryl methyl sites for hydroxylation is 2. The van der Waals surface area contributed by atoms with E-state index in [9.17, 15) is 0 Å². The van der Waals surface area contributed by atoms with Crippen molar-refractivity contribution in [2.45, 2.75) is 33.4 Å². The Morgan fingerprint density at radius 2 is 2.20 bits per heavy atom. The van der Waals surface area contributed by atoms with Crippen molar-refractivity contribution >= 4 is 0 Å². The van der Waals surface area contributed by atoms with Crippen molar-refractivity contribution < 1.29 is 5.11 Å². The van der Waals surface area contributed by atoms with Crippen LogP contribution in [0.25, 0.3) is 0 Å². The zero-order valence-corrected chi connectivity index (χ0v) is 9.99. The van der Waals surface area contributed by atoms with Crippen molar-refractivity contribution in [3.05, 3.63) is 17.5 Å². The van der Waals surface area contributed by atoms with Crippen molar-refractivity contribution in [3.8, 4) is 0 Å². The van der Waals surface area contributed by atoms with Crippen LogP contribution in [0.2, 0.25) is 0 Å². The molecule has 0 saturated heterocycles. The van der Waals surface area contributed by atoms with Gasteiger partial charge in [0.15, 0.2) is 0 Å². The maximum atomic E-state index is 9.17. The minimum absolute atomic E-state index is 0.157. The van der Waals surface area contributed by atoms with Gasteiger partial charge in [-0.25, -0.2) is 0 Å². The summed E-state index contributed by atoms with van der Waals surface area (Å²) in [6.45, 7) is 7.15. The standard InChI is InChI=1S/C11H21N3O/c1-8(2)11(7-15)12-5-10-6-14(4)13-9(10)3/h6,8,11-12,15H,5,7H2,1-4H3. The van der Waals surface area contributed by atoms with Gasteiger partial charge in [0.05, 0.1) is 12.3 Å². The molecule has 1 aromatic rings. The second-order valence-electron chi connectivity index (χ2n) is 4.33. The highest BCUT2D eigenvalue weighted by Crippen LogP contribution is 2.06. The summed E-state index contributed by atoms with van der Waals surface area (Å²) in [4.78, 5) is 0. The molecule has 0 aliphatic rings. The third kappa shape index (κ3) is 3.32. The number of hydrogen-bond acceptors (Lipinski definition) is 3. The molecule has 0 fully saturated rings. The predicted octanol–water partition coefficient (Wildman–Crippen LogP) is 0.835. The lowest BCUT2D eigenvalue weighted by Gasteiger charge is -2.19. The summed E-state index contributed by atoms with van der Waals surface area (Å²) in [6.07, 6.45) is 2.01. The Hall–Kier alpha value is -0.870. The topological polar surface area (TPSA) is 50.1 Å². The van der Waals surface area contributed by atoms with Crippen LogP contribution in [-0.4, -0.2) is 27.5 Å². The van der Waals surface area contributed by atoms with E-state index < -0.39 is 0 Å². The molecule has 2 N–H and O–H groups in total. The van der Waals surface area contributed by atoms with Crippen LogP contribution < -0.4 is 5.32 Å². The van der Waals surface area contributed by atoms with Crippen molar-refractivity contribution in [2.24, 2.45) is 13.0 Å². The largest absolute Gasteiger partial charge is 0.395 e. The Morgan fingerprint density at radius 3 is 2.60 bits per heavy atom. The molecule has 0 bridgehead atoms. The van der Waals surface area contributed by atoms with E-state index >= 15 is 0 Å². The summed E-state index contributed by atoms with van der Waals surface area (Å²) in [7, 11) is 1.92. The molecule has 4 nitrogen and oxygen atoms in total. The molecule has 0 aliphatic carbocycles. The third-order valence-corrected chi connectivity index (χ3v) is 2.67. The van der Waals surface area contributed by atoms with Gasteiger partial charge in [0.2, 0.25) is 0 Å². The fourth-order valence-corrected chi connectivity index (χ4v) is 1.57. The molecule has 1 aromatic heterocycles. The second kappa shape index (κ2) is 5.28. The molecule has 0 spiro atoms. The Kier molecular flexibility index (Phi) is 4.29. The van der Waals surface area contributed by atoms with Gasteiger partial charge >= 0.3 is 0 Å². The first-order valence-corrected chi connectivity index (χ1v) is 5.38. The minimum atomic E-state index is 0.157. The van der Waals surface area contributed by atoms with E-state index in [0.717, 1.165) is 12.2 Å². The Labute approximate surface area is 91.3 Å². The average molecular weight is 211 g/mol. The van der Waals surface area contributed by atoms with Gasteiger partial charge in [-0.15, -0.1) is 0 Å². The third-order valence-electron chi connectivity index (χ3n) is 2.67. The smallest absolute Gasteiger partial charge is 0.0638 e. The van der Waals surface area contributed by atoms with Crippen LogP contribution >= 0.6 is 0 Å². The van der Waals surface area contributed by atoms with Gasteiger partial charge in [0.1, 0.15) is 0 Å². The number of aliphatic hydroxyl groups is 1. The van der Waals surface area contributed by atoms with Crippen LogP contribution in [0.15, 0.2) is 6.20 Å². The van der Waals surface area contributed by atoms with Crippen molar-refractivity contribution in [1.82, 2.24) is 15.1 Å². The van der Waals surface area contributed by atoms with Gasteiger partial charge in [-0.2, -0.15) is 5.10 Å². The van der Waals surface area contributed by atoms with Gasteiger partial charge in [0.25, 0.3) is 0 Å². The average Bonchev–Trinajstić information content (AvgIpc) is 2.45. The van der Waals surface area contributed by atoms with Crippen LogP contribution in [0.1, 0.15) is 25.1 Å². The van der Waals surface area contributed by atoms with Crippen LogP contribution in [0.5, 0.6) is 0 Å². The highest BCUT2D eigenvalue weighted by atomic mass is 16.3. The van der Waals surface area contributed by atoms with Crippen molar-refractivity contribution in [3.63, 3.8) is 0 Å². The van der Waals surface area contributed by atoms with Crippen LogP contribution in [0, 0.1) is 12.8 Å². The monoisotopic (exact) mass is 211 g/mol. The van der Waals surface area contributed by atoms with Gasteiger partial charge < -0.3 is 10.4 Å². The van der Waals surface area contributed by atoms with Crippen molar-refractivity contribution in [1.29, 1.82) is 0 Å². The zero-order valence-electron chi connectivity index (χ0n) is 9.99. The number of nitrogens with one attached hydrogen (secondary N) is 1. The first-order valence-electron chi connectivity index (χ1n) is 5.38. The lowest BCUT2D eigenvalue weighted by Crippen LogP contribution is -2.36. The lowest BCUT2D eigenvalue weighted by atomic mass is 10.1. The fourth-order valence-electron chi connectivity index (χ4n) is 1.57. The summed E-state index contributed by atoms with van der Waals surface area (Å²) >= 11 is 0. The second-order valence-corrected chi connectivity index (χ2v) is 4.33. The molecule has 1 heterocycles. The molecule has 86 valence electrons. The number of rotatable bonds is 5. The highest BCUT2D eigenvalue weighted by molar-refractivity contribution is 5.14. The van der Waals surface area contributed by atoms with Crippen LogP contribution in [0.4, 0.5) is 0 Å². The number of hydrogen-bond donors (Lipinski definition) is 2. The summed E-state index contributed by atoms with van der Waals surface area (Å²) in [6, 6.07) is 0.157. The summed E-state index contributed by atoms with van der Waals surface area (Å²) in [5.41, 5.74) is 2.24. The molecular weight excluding hydrogens is 190 g/mol. The molecule has 0 amide bonds. The molecule has 0 aliphatic heterocycles. The van der Waals surface area contributed by atoms with E-state index in [0.29, 0.717) is 5.92 Å². The van der Waals surface area contributed by atoms with E-state index in [4.69, 9.17) is 5.11 Å². The fraction of sp³-hybridized carbons (Fsp3) is 0.727. The number of nitrogens with zero attached hydrogens (tertiary/aromatic N) is 2. The van der Waals surface area contributed by atoms with E-state index in [2.05, 4.69) is 24.3 Å². The Bertz CT molecular complexity index is 307. The normalized spacial score (nSPS) is 13.5. The predicted molar refractivity (Wildman–Crippen MR) is 60.5 cm³/mol. The molecule has 4 heteroatoms. The van der Waals surface area contributed by atoms with Gasteiger partial charge in [-0.05, 0) is 12.8 Å². The molecule has 15 heavy (non-hydrogen) atoms. The molecule has 0 aromatic carbocycles. The highest BCUT2D eigenvalue weighted by Gasteiger charge is 2.12. The zero-order chi connectivity index (χ0) is 11.4. The van der Waals surface area contributed by atoms with Gasteiger partial charge in [0, 0.05) is 31.4 Å². The molecule has 1 unspecified atom stereocenters. The lowest BCUT2D eigenvalue weighted by molar-refractivity contribution is 0.210. The summed E-state index contributed by atoms with van der Waals surface area (Å²) in [5.74, 6) is 0.437. The Morgan fingerprint density at radius 1 is 1.53 bits per heavy atom. The summed E-state index contributed by atoms with van der Waals surface area (Å²) < 4.78 is 1.82. The first-order chi connectivity index (χ1) is 7.04. The molecule has 0 radical (unpaired) electrons. The Balaban J connectivity index is 2.52. The molecule has 0 saturated carbocycles. The van der Waals surface area contributed by atoms with E-state index in [1.807, 2.05) is 24.9 Å². The van der Waals surface area contributed by atoms with Gasteiger partial charge in [-0.1, -0.05) is 13.8 Å². The minimum Gasteiger partial charge on any atom is -0.395 e. The SMILES string of the molecule is Cc1nn(C)cc1CNC(CO)C(C)C. The molecule has 1 rings (SSSR count).